The van der Waals surface area contributed by atoms with Crippen LogP contribution < -0.4 is 10.4 Å². The van der Waals surface area contributed by atoms with Gasteiger partial charge >= 0.3 is 25.8 Å². The van der Waals surface area contributed by atoms with Crippen molar-refractivity contribution in [3.05, 3.63) is 135 Å². The van der Waals surface area contributed by atoms with Crippen LogP contribution in [0, 0.1) is 28.7 Å². The van der Waals surface area contributed by atoms with Crippen molar-refractivity contribution in [3.8, 4) is 22.3 Å². The van der Waals surface area contributed by atoms with E-state index in [0.717, 1.165) is 0 Å². The Bertz CT molecular complexity index is 1540. The molecule has 0 N–H and O–H groups in total. The van der Waals surface area contributed by atoms with Gasteiger partial charge in [-0.05, 0) is 11.1 Å². The van der Waals surface area contributed by atoms with Gasteiger partial charge in [0.05, 0.1) is 0 Å². The molecule has 2 heteroatoms. The predicted molar refractivity (Wildman–Crippen MR) is 169 cm³/mol. The van der Waals surface area contributed by atoms with Crippen LogP contribution >= 0.6 is 0 Å². The smallest absolute Gasteiger partial charge is 0.358 e. The van der Waals surface area contributed by atoms with Crippen LogP contribution in [0.3, 0.4) is 0 Å². The van der Waals surface area contributed by atoms with Gasteiger partial charge in [-0.25, -0.2) is 0 Å². The van der Waals surface area contributed by atoms with E-state index in [1.807, 2.05) is 0 Å². The molecule has 0 nitrogen and oxygen atoms in total. The number of hydrogen-bond acceptors (Lipinski definition) is 0. The van der Waals surface area contributed by atoms with Crippen LogP contribution in [0.15, 0.2) is 109 Å². The molecule has 0 saturated heterocycles. The Morgan fingerprint density at radius 1 is 0.500 bits per heavy atom. The quantitative estimate of drug-likeness (QED) is 0.129. The molecule has 6 aromatic carbocycles. The summed E-state index contributed by atoms with van der Waals surface area (Å²) in [5.41, 5.74) is 8.14. The minimum Gasteiger partial charge on any atom is -0.358 e. The van der Waals surface area contributed by atoms with E-state index in [-0.39, 0.29) is 40.7 Å². The van der Waals surface area contributed by atoms with E-state index >= 15 is 0 Å². The monoisotopic (exact) mass is 676 g/mol. The van der Waals surface area contributed by atoms with Crippen molar-refractivity contribution < 1.29 is 25.8 Å². The molecule has 38 heavy (non-hydrogen) atoms. The largest absolute Gasteiger partial charge is 4.00 e. The van der Waals surface area contributed by atoms with Crippen LogP contribution in [-0.4, -0.2) is 8.07 Å². The molecule has 0 fully saturated rings. The molecular formula is C36H36HfSi. The standard InChI is InChI=1S/C34H30Si.2CH3.Hf/c1-23-21-27-17-11-19-29(25-13-7-5-8-14-25)31(27)33(23)35(3,4)34-24(2)22-28-18-12-20-30(32(28)34)26-15-9-6-10-16-26;;;/h5-22H,1-4H3;2*1H3;/q-2;2*-1;+4. The van der Waals surface area contributed by atoms with Gasteiger partial charge in [0.25, 0.3) is 0 Å². The molecule has 0 heterocycles. The van der Waals surface area contributed by atoms with E-state index in [0.29, 0.717) is 0 Å². The van der Waals surface area contributed by atoms with Gasteiger partial charge in [-0.1, -0.05) is 111 Å². The Morgan fingerprint density at radius 2 is 0.868 bits per heavy atom. The molecule has 188 valence electrons. The van der Waals surface area contributed by atoms with Gasteiger partial charge < -0.3 is 14.9 Å². The molecule has 0 aliphatic heterocycles. The minimum atomic E-state index is -2.10. The number of hydrogen-bond donors (Lipinski definition) is 0. The molecule has 0 spiro atoms. The summed E-state index contributed by atoms with van der Waals surface area (Å²) in [6, 6.07) is 40.2. The molecule has 0 aliphatic carbocycles. The Labute approximate surface area is 248 Å². The van der Waals surface area contributed by atoms with Gasteiger partial charge in [0.15, 0.2) is 0 Å². The van der Waals surface area contributed by atoms with Crippen LogP contribution in [-0.2, 0) is 25.8 Å². The van der Waals surface area contributed by atoms with E-state index in [4.69, 9.17) is 0 Å². The van der Waals surface area contributed by atoms with Crippen molar-refractivity contribution in [1.29, 1.82) is 0 Å². The van der Waals surface area contributed by atoms with E-state index in [1.54, 1.807) is 10.4 Å². The summed E-state index contributed by atoms with van der Waals surface area (Å²) in [6.07, 6.45) is 0. The molecule has 0 bridgehead atoms. The normalized spacial score (nSPS) is 11.1. The summed E-state index contributed by atoms with van der Waals surface area (Å²) >= 11 is 0. The Hall–Kier alpha value is -2.81. The number of rotatable bonds is 4. The third kappa shape index (κ3) is 4.74. The van der Waals surface area contributed by atoms with E-state index in [2.05, 4.69) is 136 Å². The first-order valence-electron chi connectivity index (χ1n) is 12.5. The van der Waals surface area contributed by atoms with E-state index in [9.17, 15) is 0 Å². The summed E-state index contributed by atoms with van der Waals surface area (Å²) < 4.78 is 0. The third-order valence-corrected chi connectivity index (χ3v) is 11.4. The zero-order valence-electron chi connectivity index (χ0n) is 23.4. The average Bonchev–Trinajstić information content (AvgIpc) is 3.41. The zero-order valence-corrected chi connectivity index (χ0v) is 28.0. The van der Waals surface area contributed by atoms with Crippen molar-refractivity contribution in [1.82, 2.24) is 0 Å². The summed E-state index contributed by atoms with van der Waals surface area (Å²) in [5.74, 6) is 0. The minimum absolute atomic E-state index is 0. The summed E-state index contributed by atoms with van der Waals surface area (Å²) in [5, 5.41) is 8.75. The third-order valence-electron chi connectivity index (χ3n) is 7.65. The van der Waals surface area contributed by atoms with Crippen molar-refractivity contribution in [3.63, 3.8) is 0 Å². The summed E-state index contributed by atoms with van der Waals surface area (Å²) in [6.45, 7) is 9.75. The van der Waals surface area contributed by atoms with Gasteiger partial charge in [-0.15, -0.1) is 69.1 Å². The Kier molecular flexibility index (Phi) is 9.01. The van der Waals surface area contributed by atoms with Crippen LogP contribution in [0.1, 0.15) is 11.1 Å². The molecule has 0 amide bonds. The second-order valence-corrected chi connectivity index (χ2v) is 14.6. The predicted octanol–water partition coefficient (Wildman–Crippen LogP) is 9.10. The molecule has 0 atom stereocenters. The SMILES string of the molecule is Cc1[cH-]c2cccc(-c3ccccc3)c2c1[Si](C)(C)c1c(C)[cH-]c2cccc(-c3ccccc3)c12.[CH3-].[CH3-].[Hf+4]. The molecule has 0 radical (unpaired) electrons. The molecule has 6 rings (SSSR count). The van der Waals surface area contributed by atoms with Gasteiger partial charge in [0, 0.05) is 8.07 Å². The van der Waals surface area contributed by atoms with Crippen LogP contribution in [0.2, 0.25) is 13.1 Å². The number of fused-ring (bicyclic) bond motifs is 2. The molecule has 0 aliphatic rings. The van der Waals surface area contributed by atoms with E-state index in [1.165, 1.54) is 54.9 Å². The topological polar surface area (TPSA) is 0 Å². The fraction of sp³-hybridized carbons (Fsp3) is 0.111. The molecule has 0 saturated carbocycles. The first-order valence-corrected chi connectivity index (χ1v) is 15.5. The van der Waals surface area contributed by atoms with Crippen molar-refractivity contribution >= 4 is 40.0 Å². The first kappa shape index (κ1) is 29.7. The second-order valence-electron chi connectivity index (χ2n) is 10.3. The molecular weight excluding hydrogens is 639 g/mol. The van der Waals surface area contributed by atoms with Crippen molar-refractivity contribution in [2.45, 2.75) is 26.9 Å². The molecule has 0 aromatic heterocycles. The van der Waals surface area contributed by atoms with Gasteiger partial charge in [0.2, 0.25) is 0 Å². The Balaban J connectivity index is 0.00000133. The summed E-state index contributed by atoms with van der Waals surface area (Å²) in [4.78, 5) is 0. The maximum Gasteiger partial charge on any atom is 4.00 e. The van der Waals surface area contributed by atoms with Gasteiger partial charge in [0.1, 0.15) is 0 Å². The molecule has 0 unspecified atom stereocenters. The van der Waals surface area contributed by atoms with Gasteiger partial charge in [-0.3, -0.25) is 0 Å². The van der Waals surface area contributed by atoms with Crippen molar-refractivity contribution in [2.24, 2.45) is 0 Å². The van der Waals surface area contributed by atoms with Crippen LogP contribution in [0.5, 0.6) is 0 Å². The van der Waals surface area contributed by atoms with Crippen molar-refractivity contribution in [2.75, 3.05) is 0 Å². The average molecular weight is 675 g/mol. The van der Waals surface area contributed by atoms with Crippen LogP contribution in [0.4, 0.5) is 0 Å². The maximum atomic E-state index is 2.56. The number of aryl methyl sites for hydroxylation is 2. The molecule has 6 aromatic rings. The maximum absolute atomic E-state index is 2.56. The first-order chi connectivity index (χ1) is 17.0. The van der Waals surface area contributed by atoms with Crippen LogP contribution in [0.25, 0.3) is 43.8 Å². The van der Waals surface area contributed by atoms with Gasteiger partial charge in [-0.2, -0.15) is 10.4 Å². The fourth-order valence-electron chi connectivity index (χ4n) is 6.40. The zero-order chi connectivity index (χ0) is 24.2. The summed E-state index contributed by atoms with van der Waals surface area (Å²) in [7, 11) is -2.10. The fourth-order valence-corrected chi connectivity index (χ4v) is 10.6. The van der Waals surface area contributed by atoms with E-state index < -0.39 is 8.07 Å². The Morgan fingerprint density at radius 3 is 1.24 bits per heavy atom. The number of benzene rings is 4. The second kappa shape index (κ2) is 11.5.